The first kappa shape index (κ1) is 9.98. The van der Waals surface area contributed by atoms with E-state index in [4.69, 9.17) is 5.73 Å². The van der Waals surface area contributed by atoms with Gasteiger partial charge in [0.2, 0.25) is 5.82 Å². The summed E-state index contributed by atoms with van der Waals surface area (Å²) in [5.74, 6) is -0.300. The summed E-state index contributed by atoms with van der Waals surface area (Å²) in [5.41, 5.74) is 6.90. The number of nitrogens with zero attached hydrogens (tertiary/aromatic N) is 3. The van der Waals surface area contributed by atoms with Crippen molar-refractivity contribution in [2.45, 2.75) is 0 Å². The Kier molecular flexibility index (Phi) is 2.15. The predicted octanol–water partition coefficient (Wildman–Crippen LogP) is 1.56. The molecule has 0 bridgehead atoms. The Bertz CT molecular complexity index is 687. The van der Waals surface area contributed by atoms with E-state index in [2.05, 4.69) is 9.36 Å². The van der Waals surface area contributed by atoms with Crippen LogP contribution in [-0.2, 0) is 0 Å². The van der Waals surface area contributed by atoms with Crippen molar-refractivity contribution in [3.05, 3.63) is 42.5 Å². The molecule has 3 aromatic rings. The van der Waals surface area contributed by atoms with Crippen LogP contribution >= 0.6 is 11.5 Å². The number of aromatic nitrogens is 3. The van der Waals surface area contributed by atoms with Crippen molar-refractivity contribution >= 4 is 23.0 Å². The fraction of sp³-hybridized carbons (Fsp3) is 0. The number of rotatable bonds is 2. The van der Waals surface area contributed by atoms with Crippen LogP contribution in [0.1, 0.15) is 10.6 Å². The molecule has 3 heterocycles. The van der Waals surface area contributed by atoms with Gasteiger partial charge in [0.1, 0.15) is 5.69 Å². The number of hydrogen-bond acceptors (Lipinski definition) is 4. The average molecular weight is 244 g/mol. The first-order valence-corrected chi connectivity index (χ1v) is 5.72. The van der Waals surface area contributed by atoms with E-state index in [0.717, 1.165) is 16.1 Å². The molecule has 5 nitrogen and oxygen atoms in total. The summed E-state index contributed by atoms with van der Waals surface area (Å²) in [6.07, 6.45) is 3.48. The minimum atomic E-state index is -0.540. The molecule has 3 aromatic heterocycles. The van der Waals surface area contributed by atoms with Crippen molar-refractivity contribution in [3.8, 4) is 10.6 Å². The SMILES string of the molecule is NC(=O)c1nc(-c2ccns2)c2ccccn12. The van der Waals surface area contributed by atoms with Crippen molar-refractivity contribution in [3.63, 3.8) is 0 Å². The Balaban J connectivity index is 2.37. The number of carbonyl (C=O) groups is 1. The van der Waals surface area contributed by atoms with Gasteiger partial charge in [-0.15, -0.1) is 0 Å². The zero-order valence-corrected chi connectivity index (χ0v) is 9.52. The molecule has 0 saturated carbocycles. The number of carbonyl (C=O) groups excluding carboxylic acids is 1. The van der Waals surface area contributed by atoms with Crippen LogP contribution in [-0.4, -0.2) is 19.7 Å². The molecule has 0 fully saturated rings. The number of hydrogen-bond donors (Lipinski definition) is 1. The number of fused-ring (bicyclic) bond motifs is 1. The van der Waals surface area contributed by atoms with Crippen LogP contribution in [0, 0.1) is 0 Å². The van der Waals surface area contributed by atoms with Gasteiger partial charge in [-0.3, -0.25) is 9.20 Å². The molecule has 17 heavy (non-hydrogen) atoms. The second-order valence-electron chi connectivity index (χ2n) is 3.48. The second kappa shape index (κ2) is 3.67. The minimum absolute atomic E-state index is 0.240. The molecule has 0 aliphatic carbocycles. The van der Waals surface area contributed by atoms with Gasteiger partial charge in [-0.1, -0.05) is 6.07 Å². The highest BCUT2D eigenvalue weighted by molar-refractivity contribution is 7.09. The van der Waals surface area contributed by atoms with Crippen LogP contribution in [0.25, 0.3) is 16.1 Å². The van der Waals surface area contributed by atoms with E-state index in [9.17, 15) is 4.79 Å². The molecule has 0 saturated heterocycles. The van der Waals surface area contributed by atoms with Crippen molar-refractivity contribution < 1.29 is 4.79 Å². The van der Waals surface area contributed by atoms with Crippen molar-refractivity contribution in [2.75, 3.05) is 0 Å². The third-order valence-electron chi connectivity index (χ3n) is 2.44. The van der Waals surface area contributed by atoms with E-state index in [1.165, 1.54) is 11.5 Å². The van der Waals surface area contributed by atoms with Gasteiger partial charge in [-0.25, -0.2) is 9.36 Å². The lowest BCUT2D eigenvalue weighted by Gasteiger charge is -1.95. The molecule has 2 N–H and O–H groups in total. The third-order valence-corrected chi connectivity index (χ3v) is 3.19. The molecule has 0 spiro atoms. The van der Waals surface area contributed by atoms with E-state index < -0.39 is 5.91 Å². The van der Waals surface area contributed by atoms with E-state index in [1.54, 1.807) is 16.8 Å². The van der Waals surface area contributed by atoms with Crippen LogP contribution in [0.5, 0.6) is 0 Å². The molecule has 0 unspecified atom stereocenters. The molecule has 0 aliphatic rings. The first-order chi connectivity index (χ1) is 8.27. The molecule has 3 rings (SSSR count). The Labute approximate surface area is 101 Å². The number of amides is 1. The van der Waals surface area contributed by atoms with Crippen molar-refractivity contribution in [1.82, 2.24) is 13.8 Å². The highest BCUT2D eigenvalue weighted by atomic mass is 32.1. The number of pyridine rings is 1. The summed E-state index contributed by atoms with van der Waals surface area (Å²) < 4.78 is 5.73. The van der Waals surface area contributed by atoms with Gasteiger partial charge < -0.3 is 5.73 Å². The van der Waals surface area contributed by atoms with Crippen molar-refractivity contribution in [2.24, 2.45) is 5.73 Å². The lowest BCUT2D eigenvalue weighted by molar-refractivity contribution is 0.0990. The van der Waals surface area contributed by atoms with Gasteiger partial charge >= 0.3 is 0 Å². The third kappa shape index (κ3) is 1.50. The summed E-state index contributed by atoms with van der Waals surface area (Å²) in [5, 5.41) is 0. The lowest BCUT2D eigenvalue weighted by Crippen LogP contribution is -2.14. The highest BCUT2D eigenvalue weighted by Gasteiger charge is 2.16. The van der Waals surface area contributed by atoms with Crippen LogP contribution < -0.4 is 5.73 Å². The molecule has 6 heteroatoms. The Morgan fingerprint density at radius 1 is 1.35 bits per heavy atom. The van der Waals surface area contributed by atoms with E-state index >= 15 is 0 Å². The molecular formula is C11H8N4OS. The Morgan fingerprint density at radius 3 is 2.94 bits per heavy atom. The largest absolute Gasteiger partial charge is 0.363 e. The van der Waals surface area contributed by atoms with Gasteiger partial charge in [0.25, 0.3) is 5.91 Å². The molecule has 0 radical (unpaired) electrons. The molecule has 84 valence electrons. The summed E-state index contributed by atoms with van der Waals surface area (Å²) >= 11 is 1.34. The summed E-state index contributed by atoms with van der Waals surface area (Å²) in [6.45, 7) is 0. The Morgan fingerprint density at radius 2 is 2.24 bits per heavy atom. The van der Waals surface area contributed by atoms with E-state index in [1.807, 2.05) is 24.3 Å². The summed E-state index contributed by atoms with van der Waals surface area (Å²) in [7, 11) is 0. The van der Waals surface area contributed by atoms with Crippen molar-refractivity contribution in [1.29, 1.82) is 0 Å². The molecule has 0 aromatic carbocycles. The Hall–Kier alpha value is -2.21. The maximum absolute atomic E-state index is 11.3. The predicted molar refractivity (Wildman–Crippen MR) is 64.8 cm³/mol. The van der Waals surface area contributed by atoms with E-state index in [-0.39, 0.29) is 5.82 Å². The topological polar surface area (TPSA) is 73.3 Å². The van der Waals surface area contributed by atoms with Gasteiger partial charge in [0.05, 0.1) is 10.4 Å². The zero-order valence-electron chi connectivity index (χ0n) is 8.70. The van der Waals surface area contributed by atoms with Crippen LogP contribution in [0.2, 0.25) is 0 Å². The van der Waals surface area contributed by atoms with E-state index in [0.29, 0.717) is 0 Å². The molecule has 0 atom stereocenters. The van der Waals surface area contributed by atoms with Gasteiger partial charge in [0, 0.05) is 12.4 Å². The number of imidazole rings is 1. The van der Waals surface area contributed by atoms with Crippen LogP contribution in [0.15, 0.2) is 36.7 Å². The highest BCUT2D eigenvalue weighted by Crippen LogP contribution is 2.27. The van der Waals surface area contributed by atoms with Crippen LogP contribution in [0.3, 0.4) is 0 Å². The lowest BCUT2D eigenvalue weighted by atomic mass is 10.3. The minimum Gasteiger partial charge on any atom is -0.363 e. The normalized spacial score (nSPS) is 10.8. The van der Waals surface area contributed by atoms with Gasteiger partial charge in [-0.2, -0.15) is 0 Å². The number of nitrogens with two attached hydrogens (primary N) is 1. The average Bonchev–Trinajstić information content (AvgIpc) is 2.95. The molecular weight excluding hydrogens is 236 g/mol. The maximum atomic E-state index is 11.3. The smallest absolute Gasteiger partial charge is 0.285 e. The second-order valence-corrected chi connectivity index (χ2v) is 4.31. The quantitative estimate of drug-likeness (QED) is 0.743. The summed E-state index contributed by atoms with van der Waals surface area (Å²) in [6, 6.07) is 7.49. The first-order valence-electron chi connectivity index (χ1n) is 4.95. The van der Waals surface area contributed by atoms with Gasteiger partial charge in [-0.05, 0) is 29.7 Å². The fourth-order valence-electron chi connectivity index (χ4n) is 1.73. The fourth-order valence-corrected chi connectivity index (χ4v) is 2.32. The summed E-state index contributed by atoms with van der Waals surface area (Å²) in [4.78, 5) is 16.5. The number of primary amides is 1. The zero-order chi connectivity index (χ0) is 11.8. The molecule has 1 amide bonds. The monoisotopic (exact) mass is 244 g/mol. The van der Waals surface area contributed by atoms with Gasteiger partial charge in [0.15, 0.2) is 0 Å². The van der Waals surface area contributed by atoms with Crippen LogP contribution in [0.4, 0.5) is 0 Å². The maximum Gasteiger partial charge on any atom is 0.285 e. The molecule has 0 aliphatic heterocycles. The standard InChI is InChI=1S/C11H8N4OS/c12-10(16)11-14-9(8-4-5-13-17-8)7-3-1-2-6-15(7)11/h1-6H,(H2,12,16).